The number of benzene rings is 1. The summed E-state index contributed by atoms with van der Waals surface area (Å²) in [5.74, 6) is -1.29. The Morgan fingerprint density at radius 3 is 2.74 bits per heavy atom. The molecule has 5 heteroatoms. The molecule has 2 aromatic rings. The molecule has 0 bridgehead atoms. The number of hydrogen-bond acceptors (Lipinski definition) is 3. The third kappa shape index (κ3) is 3.51. The largest absolute Gasteiger partial charge is 0.507 e. The van der Waals surface area contributed by atoms with E-state index in [4.69, 9.17) is 0 Å². The number of nitrogens with zero attached hydrogens (tertiary/aromatic N) is 1. The second-order valence-corrected chi connectivity index (χ2v) is 4.02. The number of carbonyl (C=O) groups excluding carboxylic acids is 1. The maximum Gasteiger partial charge on any atom is 0.255 e. The summed E-state index contributed by atoms with van der Waals surface area (Å²) in [7, 11) is 0. The van der Waals surface area contributed by atoms with E-state index in [1.165, 1.54) is 0 Å². The molecule has 1 heterocycles. The van der Waals surface area contributed by atoms with Gasteiger partial charge in [0.25, 0.3) is 5.91 Å². The molecule has 0 atom stereocenters. The van der Waals surface area contributed by atoms with Crippen LogP contribution in [0.2, 0.25) is 0 Å². The molecule has 0 spiro atoms. The molecule has 0 aliphatic heterocycles. The SMILES string of the molecule is O=C(NCCc1ccncc1)c1cc(F)ccc1O. The highest BCUT2D eigenvalue weighted by atomic mass is 19.1. The van der Waals surface area contributed by atoms with Crippen molar-refractivity contribution in [1.82, 2.24) is 10.3 Å². The summed E-state index contributed by atoms with van der Waals surface area (Å²) in [6, 6.07) is 6.98. The van der Waals surface area contributed by atoms with E-state index in [-0.39, 0.29) is 11.3 Å². The average Bonchev–Trinajstić information content (AvgIpc) is 2.42. The Morgan fingerprint density at radius 2 is 2.00 bits per heavy atom. The fraction of sp³-hybridized carbons (Fsp3) is 0.143. The van der Waals surface area contributed by atoms with E-state index in [9.17, 15) is 14.3 Å². The van der Waals surface area contributed by atoms with E-state index in [1.54, 1.807) is 12.4 Å². The number of pyridine rings is 1. The van der Waals surface area contributed by atoms with Crippen LogP contribution in [0.15, 0.2) is 42.7 Å². The van der Waals surface area contributed by atoms with E-state index >= 15 is 0 Å². The van der Waals surface area contributed by atoms with Gasteiger partial charge in [0.15, 0.2) is 0 Å². The van der Waals surface area contributed by atoms with Gasteiger partial charge in [0, 0.05) is 18.9 Å². The van der Waals surface area contributed by atoms with Crippen molar-refractivity contribution in [2.45, 2.75) is 6.42 Å². The number of hydrogen-bond donors (Lipinski definition) is 2. The molecule has 0 unspecified atom stereocenters. The number of amides is 1. The smallest absolute Gasteiger partial charge is 0.255 e. The molecular formula is C14H13FN2O2. The van der Waals surface area contributed by atoms with Crippen LogP contribution < -0.4 is 5.32 Å². The molecular weight excluding hydrogens is 247 g/mol. The minimum Gasteiger partial charge on any atom is -0.507 e. The lowest BCUT2D eigenvalue weighted by atomic mass is 10.1. The highest BCUT2D eigenvalue weighted by Gasteiger charge is 2.11. The Labute approximate surface area is 109 Å². The Bertz CT molecular complexity index is 573. The first-order valence-electron chi connectivity index (χ1n) is 5.82. The third-order valence-electron chi connectivity index (χ3n) is 2.65. The minimum absolute atomic E-state index is 0.0604. The molecule has 0 aliphatic rings. The van der Waals surface area contributed by atoms with Gasteiger partial charge in [0.05, 0.1) is 5.56 Å². The maximum atomic E-state index is 13.0. The van der Waals surface area contributed by atoms with Crippen molar-refractivity contribution in [2.75, 3.05) is 6.54 Å². The summed E-state index contributed by atoms with van der Waals surface area (Å²) in [4.78, 5) is 15.7. The van der Waals surface area contributed by atoms with Crippen molar-refractivity contribution >= 4 is 5.91 Å². The van der Waals surface area contributed by atoms with Crippen LogP contribution in [-0.4, -0.2) is 22.5 Å². The zero-order valence-electron chi connectivity index (χ0n) is 10.1. The fourth-order valence-corrected chi connectivity index (χ4v) is 1.66. The Balaban J connectivity index is 1.93. The molecule has 1 aromatic carbocycles. The van der Waals surface area contributed by atoms with Gasteiger partial charge in [-0.2, -0.15) is 0 Å². The molecule has 0 saturated heterocycles. The van der Waals surface area contributed by atoms with E-state index in [0.717, 1.165) is 23.8 Å². The molecule has 2 N–H and O–H groups in total. The first-order chi connectivity index (χ1) is 9.16. The van der Waals surface area contributed by atoms with Gasteiger partial charge >= 0.3 is 0 Å². The monoisotopic (exact) mass is 260 g/mol. The van der Waals surface area contributed by atoms with Gasteiger partial charge < -0.3 is 10.4 Å². The van der Waals surface area contributed by atoms with Gasteiger partial charge in [0.1, 0.15) is 11.6 Å². The lowest BCUT2D eigenvalue weighted by Gasteiger charge is -2.07. The highest BCUT2D eigenvalue weighted by Crippen LogP contribution is 2.17. The average molecular weight is 260 g/mol. The van der Waals surface area contributed by atoms with Gasteiger partial charge in [-0.05, 0) is 42.3 Å². The number of phenolic OH excluding ortho intramolecular Hbond substituents is 1. The van der Waals surface area contributed by atoms with Crippen LogP contribution in [0.1, 0.15) is 15.9 Å². The number of halogens is 1. The van der Waals surface area contributed by atoms with Crippen LogP contribution in [0.3, 0.4) is 0 Å². The molecule has 4 nitrogen and oxygen atoms in total. The summed E-state index contributed by atoms with van der Waals surface area (Å²) in [5, 5.41) is 12.1. The summed E-state index contributed by atoms with van der Waals surface area (Å²) in [6.45, 7) is 0.402. The molecule has 2 rings (SSSR count). The highest BCUT2D eigenvalue weighted by molar-refractivity contribution is 5.96. The third-order valence-corrected chi connectivity index (χ3v) is 2.65. The van der Waals surface area contributed by atoms with Crippen molar-refractivity contribution in [2.24, 2.45) is 0 Å². The zero-order valence-corrected chi connectivity index (χ0v) is 10.1. The van der Waals surface area contributed by atoms with E-state index < -0.39 is 11.7 Å². The van der Waals surface area contributed by atoms with E-state index in [0.29, 0.717) is 13.0 Å². The van der Waals surface area contributed by atoms with Crippen molar-refractivity contribution in [1.29, 1.82) is 0 Å². The number of phenols is 1. The zero-order chi connectivity index (χ0) is 13.7. The molecule has 0 aliphatic carbocycles. The summed E-state index contributed by atoms with van der Waals surface area (Å²) >= 11 is 0. The molecule has 0 saturated carbocycles. The van der Waals surface area contributed by atoms with Crippen molar-refractivity contribution in [3.63, 3.8) is 0 Å². The van der Waals surface area contributed by atoms with E-state index in [1.807, 2.05) is 12.1 Å². The van der Waals surface area contributed by atoms with Gasteiger partial charge in [-0.25, -0.2) is 4.39 Å². The lowest BCUT2D eigenvalue weighted by Crippen LogP contribution is -2.25. The molecule has 0 radical (unpaired) electrons. The number of aromatic nitrogens is 1. The molecule has 98 valence electrons. The van der Waals surface area contributed by atoms with Crippen molar-refractivity contribution in [3.05, 3.63) is 59.7 Å². The number of carbonyl (C=O) groups is 1. The second-order valence-electron chi connectivity index (χ2n) is 4.02. The van der Waals surface area contributed by atoms with Crippen LogP contribution in [0.25, 0.3) is 0 Å². The summed E-state index contributed by atoms with van der Waals surface area (Å²) in [5.41, 5.74) is 0.980. The predicted octanol–water partition coefficient (Wildman–Crippen LogP) is 1.90. The van der Waals surface area contributed by atoms with Crippen LogP contribution in [0.4, 0.5) is 4.39 Å². The predicted molar refractivity (Wildman–Crippen MR) is 68.3 cm³/mol. The Hall–Kier alpha value is -2.43. The van der Waals surface area contributed by atoms with Crippen LogP contribution in [0, 0.1) is 5.82 Å². The molecule has 0 fully saturated rings. The Kier molecular flexibility index (Phi) is 4.07. The van der Waals surface area contributed by atoms with Crippen LogP contribution in [-0.2, 0) is 6.42 Å². The first-order valence-corrected chi connectivity index (χ1v) is 5.82. The fourth-order valence-electron chi connectivity index (χ4n) is 1.66. The topological polar surface area (TPSA) is 62.2 Å². The van der Waals surface area contributed by atoms with Crippen LogP contribution >= 0.6 is 0 Å². The summed E-state index contributed by atoms with van der Waals surface area (Å²) in [6.07, 6.45) is 4.00. The Morgan fingerprint density at radius 1 is 1.26 bits per heavy atom. The standard InChI is InChI=1S/C14H13FN2O2/c15-11-1-2-13(18)12(9-11)14(19)17-8-5-10-3-6-16-7-4-10/h1-4,6-7,9,18H,5,8H2,(H,17,19). The second kappa shape index (κ2) is 5.95. The van der Waals surface area contributed by atoms with E-state index in [2.05, 4.69) is 10.3 Å². The normalized spacial score (nSPS) is 10.2. The minimum atomic E-state index is -0.558. The summed E-state index contributed by atoms with van der Waals surface area (Å²) < 4.78 is 13.0. The number of aromatic hydroxyl groups is 1. The lowest BCUT2D eigenvalue weighted by molar-refractivity contribution is 0.0951. The number of rotatable bonds is 4. The van der Waals surface area contributed by atoms with Gasteiger partial charge in [-0.3, -0.25) is 9.78 Å². The van der Waals surface area contributed by atoms with Crippen molar-refractivity contribution < 1.29 is 14.3 Å². The molecule has 1 amide bonds. The molecule has 19 heavy (non-hydrogen) atoms. The first kappa shape index (κ1) is 13.0. The van der Waals surface area contributed by atoms with Gasteiger partial charge in [-0.1, -0.05) is 0 Å². The van der Waals surface area contributed by atoms with Crippen molar-refractivity contribution in [3.8, 4) is 5.75 Å². The maximum absolute atomic E-state index is 13.0. The van der Waals surface area contributed by atoms with Gasteiger partial charge in [-0.15, -0.1) is 0 Å². The van der Waals surface area contributed by atoms with Gasteiger partial charge in [0.2, 0.25) is 0 Å². The van der Waals surface area contributed by atoms with Crippen LogP contribution in [0.5, 0.6) is 5.75 Å². The molecule has 1 aromatic heterocycles. The number of nitrogens with one attached hydrogen (secondary N) is 1. The quantitative estimate of drug-likeness (QED) is 0.882.